The molecule has 1 aliphatic heterocycles. The minimum atomic E-state index is -0.310. The fraction of sp³-hybridized carbons (Fsp3) is 0.0769. The molecular formula is C13H10N2O2. The van der Waals surface area contributed by atoms with Gasteiger partial charge in [0.25, 0.3) is 0 Å². The van der Waals surface area contributed by atoms with Gasteiger partial charge in [-0.3, -0.25) is 4.68 Å². The second kappa shape index (κ2) is 3.59. The Morgan fingerprint density at radius 3 is 2.94 bits per heavy atom. The topological polar surface area (TPSA) is 44.1 Å². The normalized spacial score (nSPS) is 16.1. The number of aromatic nitrogens is 2. The molecule has 0 radical (unpaired) electrons. The smallest absolute Gasteiger partial charge is 0.344 e. The van der Waals surface area contributed by atoms with E-state index in [0.717, 1.165) is 11.1 Å². The third kappa shape index (κ3) is 1.63. The van der Waals surface area contributed by atoms with Gasteiger partial charge < -0.3 is 4.74 Å². The Balaban J connectivity index is 2.09. The lowest BCUT2D eigenvalue weighted by Gasteiger charge is -1.93. The summed E-state index contributed by atoms with van der Waals surface area (Å²) >= 11 is 0. The standard InChI is InChI=1S/C13H10N2O2/c1-15-8-9(7-14-15)6-11-10-4-2-3-5-12(10)17-13(11)16/h2-8H,1H3/b11-6+. The van der Waals surface area contributed by atoms with Crippen LogP contribution in [0.1, 0.15) is 11.1 Å². The number of fused-ring (bicyclic) bond motifs is 1. The number of nitrogens with zero attached hydrogens (tertiary/aromatic N) is 2. The van der Waals surface area contributed by atoms with Gasteiger partial charge in [0, 0.05) is 24.4 Å². The molecule has 84 valence electrons. The second-order valence-corrected chi connectivity index (χ2v) is 3.89. The summed E-state index contributed by atoms with van der Waals surface area (Å²) in [6.45, 7) is 0. The van der Waals surface area contributed by atoms with E-state index in [1.807, 2.05) is 31.4 Å². The molecule has 0 unspecified atom stereocenters. The highest BCUT2D eigenvalue weighted by atomic mass is 16.5. The number of carbonyl (C=O) groups excluding carboxylic acids is 1. The average Bonchev–Trinajstić information content (AvgIpc) is 2.85. The van der Waals surface area contributed by atoms with Crippen molar-refractivity contribution in [3.05, 3.63) is 47.8 Å². The zero-order chi connectivity index (χ0) is 11.8. The van der Waals surface area contributed by atoms with Crippen molar-refractivity contribution in [3.63, 3.8) is 0 Å². The number of rotatable bonds is 1. The Hall–Kier alpha value is -2.36. The Morgan fingerprint density at radius 1 is 1.35 bits per heavy atom. The van der Waals surface area contributed by atoms with Crippen molar-refractivity contribution in [2.24, 2.45) is 7.05 Å². The lowest BCUT2D eigenvalue weighted by atomic mass is 10.1. The fourth-order valence-electron chi connectivity index (χ4n) is 1.86. The van der Waals surface area contributed by atoms with Crippen LogP contribution in [-0.4, -0.2) is 15.7 Å². The van der Waals surface area contributed by atoms with E-state index in [9.17, 15) is 4.79 Å². The number of carbonyl (C=O) groups is 1. The van der Waals surface area contributed by atoms with Crippen molar-refractivity contribution in [3.8, 4) is 5.75 Å². The molecule has 3 rings (SSSR count). The maximum Gasteiger partial charge on any atom is 0.344 e. The molecule has 1 aliphatic rings. The molecule has 0 bridgehead atoms. The average molecular weight is 226 g/mol. The predicted molar refractivity (Wildman–Crippen MR) is 63.2 cm³/mol. The second-order valence-electron chi connectivity index (χ2n) is 3.89. The Morgan fingerprint density at radius 2 is 2.18 bits per heavy atom. The number of para-hydroxylation sites is 1. The van der Waals surface area contributed by atoms with Crippen LogP contribution in [0.25, 0.3) is 11.6 Å². The Bertz CT molecular complexity index is 626. The van der Waals surface area contributed by atoms with Crippen LogP contribution < -0.4 is 4.74 Å². The minimum absolute atomic E-state index is 0.310. The molecule has 2 aromatic rings. The highest BCUT2D eigenvalue weighted by Crippen LogP contribution is 2.34. The van der Waals surface area contributed by atoms with E-state index in [0.29, 0.717) is 11.3 Å². The number of esters is 1. The molecule has 2 heterocycles. The summed E-state index contributed by atoms with van der Waals surface area (Å²) in [5.74, 6) is 0.308. The van der Waals surface area contributed by atoms with Gasteiger partial charge in [-0.2, -0.15) is 5.10 Å². The van der Waals surface area contributed by atoms with Gasteiger partial charge in [0.2, 0.25) is 0 Å². The van der Waals surface area contributed by atoms with Gasteiger partial charge in [-0.05, 0) is 12.1 Å². The number of aryl methyl sites for hydroxylation is 1. The van der Waals surface area contributed by atoms with Crippen LogP contribution in [-0.2, 0) is 11.8 Å². The fourth-order valence-corrected chi connectivity index (χ4v) is 1.86. The number of hydrogen-bond donors (Lipinski definition) is 0. The van der Waals surface area contributed by atoms with E-state index in [1.54, 1.807) is 23.0 Å². The van der Waals surface area contributed by atoms with E-state index >= 15 is 0 Å². The van der Waals surface area contributed by atoms with Gasteiger partial charge in [-0.25, -0.2) is 4.79 Å². The van der Waals surface area contributed by atoms with Crippen LogP contribution >= 0.6 is 0 Å². The first kappa shape index (κ1) is 9.84. The monoisotopic (exact) mass is 226 g/mol. The van der Waals surface area contributed by atoms with Crippen LogP contribution in [0.15, 0.2) is 36.7 Å². The van der Waals surface area contributed by atoms with Crippen molar-refractivity contribution >= 4 is 17.6 Å². The molecule has 0 spiro atoms. The van der Waals surface area contributed by atoms with Crippen LogP contribution in [0.5, 0.6) is 5.75 Å². The summed E-state index contributed by atoms with van der Waals surface area (Å²) in [5, 5.41) is 4.06. The van der Waals surface area contributed by atoms with Gasteiger partial charge in [-0.15, -0.1) is 0 Å². The maximum atomic E-state index is 11.7. The third-order valence-corrected chi connectivity index (χ3v) is 2.64. The summed E-state index contributed by atoms with van der Waals surface area (Å²) in [7, 11) is 1.84. The van der Waals surface area contributed by atoms with Crippen LogP contribution in [0, 0.1) is 0 Å². The first-order valence-corrected chi connectivity index (χ1v) is 5.26. The van der Waals surface area contributed by atoms with Gasteiger partial charge in [-0.1, -0.05) is 18.2 Å². The van der Waals surface area contributed by atoms with Crippen LogP contribution in [0.3, 0.4) is 0 Å². The molecule has 1 aromatic heterocycles. The van der Waals surface area contributed by atoms with E-state index < -0.39 is 0 Å². The first-order valence-electron chi connectivity index (χ1n) is 5.26. The van der Waals surface area contributed by atoms with Crippen molar-refractivity contribution in [1.82, 2.24) is 9.78 Å². The van der Waals surface area contributed by atoms with Gasteiger partial charge in [0.1, 0.15) is 5.75 Å². The molecule has 0 saturated heterocycles. The summed E-state index contributed by atoms with van der Waals surface area (Å²) in [6.07, 6.45) is 5.35. The third-order valence-electron chi connectivity index (χ3n) is 2.64. The van der Waals surface area contributed by atoms with Crippen molar-refractivity contribution < 1.29 is 9.53 Å². The lowest BCUT2D eigenvalue weighted by molar-refractivity contribution is -0.126. The molecular weight excluding hydrogens is 216 g/mol. The molecule has 0 saturated carbocycles. The number of ether oxygens (including phenoxy) is 1. The molecule has 0 amide bonds. The molecule has 0 N–H and O–H groups in total. The molecule has 0 fully saturated rings. The van der Waals surface area contributed by atoms with Gasteiger partial charge in [0.05, 0.1) is 11.8 Å². The maximum absolute atomic E-state index is 11.7. The Labute approximate surface area is 98.1 Å². The summed E-state index contributed by atoms with van der Waals surface area (Å²) in [4.78, 5) is 11.7. The molecule has 17 heavy (non-hydrogen) atoms. The first-order chi connectivity index (χ1) is 8.24. The molecule has 1 aromatic carbocycles. The molecule has 4 heteroatoms. The van der Waals surface area contributed by atoms with E-state index in [1.165, 1.54) is 0 Å². The van der Waals surface area contributed by atoms with E-state index in [-0.39, 0.29) is 5.97 Å². The highest BCUT2D eigenvalue weighted by Gasteiger charge is 2.26. The summed E-state index contributed by atoms with van der Waals surface area (Å²) < 4.78 is 6.86. The SMILES string of the molecule is Cn1cc(/C=C2/C(=O)Oc3ccccc32)cn1. The number of hydrogen-bond acceptors (Lipinski definition) is 3. The molecule has 0 aliphatic carbocycles. The summed E-state index contributed by atoms with van der Waals surface area (Å²) in [5.41, 5.74) is 2.30. The van der Waals surface area contributed by atoms with E-state index in [2.05, 4.69) is 5.10 Å². The van der Waals surface area contributed by atoms with E-state index in [4.69, 9.17) is 4.74 Å². The zero-order valence-electron chi connectivity index (χ0n) is 9.25. The van der Waals surface area contributed by atoms with Crippen LogP contribution in [0.2, 0.25) is 0 Å². The lowest BCUT2D eigenvalue weighted by Crippen LogP contribution is -2.00. The molecule has 4 nitrogen and oxygen atoms in total. The minimum Gasteiger partial charge on any atom is -0.422 e. The van der Waals surface area contributed by atoms with Crippen molar-refractivity contribution in [1.29, 1.82) is 0 Å². The Kier molecular flexibility index (Phi) is 2.08. The van der Waals surface area contributed by atoms with Gasteiger partial charge >= 0.3 is 5.97 Å². The largest absolute Gasteiger partial charge is 0.422 e. The van der Waals surface area contributed by atoms with Gasteiger partial charge in [0.15, 0.2) is 0 Å². The number of benzene rings is 1. The van der Waals surface area contributed by atoms with Crippen molar-refractivity contribution in [2.75, 3.05) is 0 Å². The zero-order valence-corrected chi connectivity index (χ0v) is 9.25. The quantitative estimate of drug-likeness (QED) is 0.423. The van der Waals surface area contributed by atoms with Crippen molar-refractivity contribution in [2.45, 2.75) is 0 Å². The molecule has 0 atom stereocenters. The van der Waals surface area contributed by atoms with Crippen LogP contribution in [0.4, 0.5) is 0 Å². The highest BCUT2D eigenvalue weighted by molar-refractivity contribution is 6.25. The predicted octanol–water partition coefficient (Wildman–Crippen LogP) is 1.88. The summed E-state index contributed by atoms with van der Waals surface area (Å²) in [6, 6.07) is 7.40.